The normalized spacial score (nSPS) is 16.4. The first-order valence-corrected chi connectivity index (χ1v) is 7.22. The minimum atomic E-state index is -0.430. The molecule has 2 aromatic rings. The van der Waals surface area contributed by atoms with E-state index in [0.29, 0.717) is 11.8 Å². The van der Waals surface area contributed by atoms with Crippen molar-refractivity contribution in [1.82, 2.24) is 0 Å². The van der Waals surface area contributed by atoms with E-state index in [0.717, 1.165) is 5.56 Å². The van der Waals surface area contributed by atoms with Crippen LogP contribution in [0.1, 0.15) is 44.4 Å². The van der Waals surface area contributed by atoms with Crippen LogP contribution in [0.25, 0.3) is 0 Å². The third kappa shape index (κ3) is 2.34. The molecular formula is C18H16O5. The molecule has 118 valence electrons. The first kappa shape index (κ1) is 15.1. The van der Waals surface area contributed by atoms with Gasteiger partial charge in [-0.25, -0.2) is 0 Å². The minimum Gasteiger partial charge on any atom is -0.507 e. The molecule has 0 saturated heterocycles. The summed E-state index contributed by atoms with van der Waals surface area (Å²) in [5, 5.41) is 10.2. The van der Waals surface area contributed by atoms with E-state index in [1.54, 1.807) is 6.92 Å². The van der Waals surface area contributed by atoms with Crippen molar-refractivity contribution in [2.45, 2.75) is 19.4 Å². The molecular weight excluding hydrogens is 296 g/mol. The summed E-state index contributed by atoms with van der Waals surface area (Å²) in [6, 6.07) is 9.40. The summed E-state index contributed by atoms with van der Waals surface area (Å²) in [5.74, 6) is -0.0649. The van der Waals surface area contributed by atoms with Crippen LogP contribution in [0.3, 0.4) is 0 Å². The average molecular weight is 312 g/mol. The lowest BCUT2D eigenvalue weighted by Gasteiger charge is -2.29. The highest BCUT2D eigenvalue weighted by Crippen LogP contribution is 2.47. The number of phenols is 1. The first-order chi connectivity index (χ1) is 11.1. The second-order valence-corrected chi connectivity index (χ2v) is 5.39. The molecule has 1 aliphatic heterocycles. The maximum absolute atomic E-state index is 12.6. The molecule has 2 aromatic carbocycles. The van der Waals surface area contributed by atoms with Crippen molar-refractivity contribution in [3.8, 4) is 17.2 Å². The van der Waals surface area contributed by atoms with Gasteiger partial charge in [-0.2, -0.15) is 0 Å². The van der Waals surface area contributed by atoms with Crippen LogP contribution in [0.5, 0.6) is 17.2 Å². The summed E-state index contributed by atoms with van der Waals surface area (Å²) in [7, 11) is 1.36. The van der Waals surface area contributed by atoms with Crippen LogP contribution >= 0.6 is 0 Å². The van der Waals surface area contributed by atoms with Crippen LogP contribution < -0.4 is 9.47 Å². The number of hydrogen-bond acceptors (Lipinski definition) is 5. The topological polar surface area (TPSA) is 72.8 Å². The number of benzene rings is 2. The maximum Gasteiger partial charge on any atom is 0.174 e. The van der Waals surface area contributed by atoms with Gasteiger partial charge in [0, 0.05) is 5.56 Å². The van der Waals surface area contributed by atoms with Crippen molar-refractivity contribution in [3.05, 3.63) is 52.6 Å². The number of ether oxygens (including phenoxy) is 2. The van der Waals surface area contributed by atoms with Crippen molar-refractivity contribution >= 4 is 12.1 Å². The molecule has 0 fully saturated rings. The van der Waals surface area contributed by atoms with Crippen LogP contribution in [-0.2, 0) is 0 Å². The standard InChI is InChI=1S/C18H16O5/c1-10-16(21)12(9-19)18(22-2)15-13(20)8-14(23-17(10)15)11-6-4-3-5-7-11/h3-7,9,14,21H,8H2,1-2H3. The Hall–Kier alpha value is -2.82. The van der Waals surface area contributed by atoms with Gasteiger partial charge in [0.2, 0.25) is 0 Å². The van der Waals surface area contributed by atoms with Crippen LogP contribution in [-0.4, -0.2) is 24.3 Å². The SMILES string of the molecule is COc1c(C=O)c(O)c(C)c2c1C(=O)CC(c1ccccc1)O2. The van der Waals surface area contributed by atoms with Crippen molar-refractivity contribution in [3.63, 3.8) is 0 Å². The predicted molar refractivity (Wildman–Crippen MR) is 83.5 cm³/mol. The number of rotatable bonds is 3. The molecule has 5 nitrogen and oxygen atoms in total. The Bertz CT molecular complexity index is 780. The quantitative estimate of drug-likeness (QED) is 0.881. The molecule has 1 N–H and O–H groups in total. The molecule has 5 heteroatoms. The lowest BCUT2D eigenvalue weighted by Crippen LogP contribution is -2.22. The third-order valence-corrected chi connectivity index (χ3v) is 4.05. The van der Waals surface area contributed by atoms with Crippen molar-refractivity contribution in [1.29, 1.82) is 0 Å². The molecule has 0 radical (unpaired) electrons. The number of methoxy groups -OCH3 is 1. The summed E-state index contributed by atoms with van der Waals surface area (Å²) in [4.78, 5) is 23.9. The number of aromatic hydroxyl groups is 1. The van der Waals surface area contributed by atoms with Gasteiger partial charge in [-0.15, -0.1) is 0 Å². The lowest BCUT2D eigenvalue weighted by atomic mass is 9.91. The number of phenolic OH excluding ortho intramolecular Hbond substituents is 1. The molecule has 3 rings (SSSR count). The fraction of sp³-hybridized carbons (Fsp3) is 0.222. The summed E-state index contributed by atoms with van der Waals surface area (Å²) < 4.78 is 11.2. The molecule has 1 aliphatic rings. The molecule has 0 aliphatic carbocycles. The monoisotopic (exact) mass is 312 g/mol. The molecule has 0 spiro atoms. The molecule has 0 bridgehead atoms. The van der Waals surface area contributed by atoms with E-state index in [1.807, 2.05) is 30.3 Å². The van der Waals surface area contributed by atoms with Crippen molar-refractivity contribution < 1.29 is 24.2 Å². The summed E-state index contributed by atoms with van der Waals surface area (Å²) in [5.41, 5.74) is 1.43. The smallest absolute Gasteiger partial charge is 0.174 e. The third-order valence-electron chi connectivity index (χ3n) is 4.05. The second-order valence-electron chi connectivity index (χ2n) is 5.39. The van der Waals surface area contributed by atoms with Gasteiger partial charge >= 0.3 is 0 Å². The van der Waals surface area contributed by atoms with Gasteiger partial charge in [0.15, 0.2) is 12.1 Å². The highest BCUT2D eigenvalue weighted by molar-refractivity contribution is 6.06. The van der Waals surface area contributed by atoms with E-state index in [4.69, 9.17) is 9.47 Å². The Morgan fingerprint density at radius 1 is 1.30 bits per heavy atom. The fourth-order valence-corrected chi connectivity index (χ4v) is 2.87. The van der Waals surface area contributed by atoms with Gasteiger partial charge in [0.05, 0.1) is 19.1 Å². The second kappa shape index (κ2) is 5.76. The zero-order valence-electron chi connectivity index (χ0n) is 12.8. The van der Waals surface area contributed by atoms with Gasteiger partial charge in [0.25, 0.3) is 0 Å². The van der Waals surface area contributed by atoms with Gasteiger partial charge < -0.3 is 14.6 Å². The van der Waals surface area contributed by atoms with Gasteiger partial charge in [0.1, 0.15) is 28.9 Å². The van der Waals surface area contributed by atoms with E-state index < -0.39 is 6.10 Å². The molecule has 0 aromatic heterocycles. The minimum absolute atomic E-state index is 0.0288. The Balaban J connectivity index is 2.17. The van der Waals surface area contributed by atoms with E-state index in [-0.39, 0.29) is 40.6 Å². The largest absolute Gasteiger partial charge is 0.507 e. The zero-order chi connectivity index (χ0) is 16.6. The van der Waals surface area contributed by atoms with E-state index in [9.17, 15) is 14.7 Å². The molecule has 23 heavy (non-hydrogen) atoms. The highest BCUT2D eigenvalue weighted by Gasteiger charge is 2.35. The average Bonchev–Trinajstić information content (AvgIpc) is 2.58. The van der Waals surface area contributed by atoms with Crippen LogP contribution in [0, 0.1) is 6.92 Å². The summed E-state index contributed by atoms with van der Waals surface area (Å²) in [6.07, 6.45) is 0.203. The Kier molecular flexibility index (Phi) is 3.78. The van der Waals surface area contributed by atoms with E-state index >= 15 is 0 Å². The predicted octanol–water partition coefficient (Wildman–Crippen LogP) is 3.23. The maximum atomic E-state index is 12.6. The molecule has 0 saturated carbocycles. The van der Waals surface area contributed by atoms with Crippen LogP contribution in [0.4, 0.5) is 0 Å². The number of fused-ring (bicyclic) bond motifs is 1. The van der Waals surface area contributed by atoms with Gasteiger partial charge in [-0.05, 0) is 12.5 Å². The van der Waals surface area contributed by atoms with Gasteiger partial charge in [-0.3, -0.25) is 9.59 Å². The van der Waals surface area contributed by atoms with Crippen molar-refractivity contribution in [2.75, 3.05) is 7.11 Å². The molecule has 1 unspecified atom stereocenters. The van der Waals surface area contributed by atoms with Crippen molar-refractivity contribution in [2.24, 2.45) is 0 Å². The Labute approximate surface area is 133 Å². The first-order valence-electron chi connectivity index (χ1n) is 7.22. The number of hydrogen-bond donors (Lipinski definition) is 1. The highest BCUT2D eigenvalue weighted by atomic mass is 16.5. The number of aldehydes is 1. The molecule has 0 amide bonds. The summed E-state index contributed by atoms with van der Waals surface area (Å²) >= 11 is 0. The summed E-state index contributed by atoms with van der Waals surface area (Å²) in [6.45, 7) is 1.61. The zero-order valence-corrected chi connectivity index (χ0v) is 12.8. The molecule has 1 atom stereocenters. The lowest BCUT2D eigenvalue weighted by molar-refractivity contribution is 0.0842. The van der Waals surface area contributed by atoms with E-state index in [1.165, 1.54) is 7.11 Å². The van der Waals surface area contributed by atoms with Crippen LogP contribution in [0.2, 0.25) is 0 Å². The number of carbonyl (C=O) groups excluding carboxylic acids is 2. The number of ketones is 1. The molecule has 1 heterocycles. The Morgan fingerprint density at radius 2 is 2.00 bits per heavy atom. The number of Topliss-reactive ketones (excluding diaryl/α,β-unsaturated/α-hetero) is 1. The Morgan fingerprint density at radius 3 is 2.61 bits per heavy atom. The van der Waals surface area contributed by atoms with Crippen LogP contribution in [0.15, 0.2) is 30.3 Å². The fourth-order valence-electron chi connectivity index (χ4n) is 2.87. The van der Waals surface area contributed by atoms with E-state index in [2.05, 4.69) is 0 Å². The number of carbonyl (C=O) groups is 2. The van der Waals surface area contributed by atoms with Gasteiger partial charge in [-0.1, -0.05) is 30.3 Å².